The van der Waals surface area contributed by atoms with E-state index in [0.29, 0.717) is 36.5 Å². The fourth-order valence-electron chi connectivity index (χ4n) is 4.84. The molecule has 0 radical (unpaired) electrons. The topological polar surface area (TPSA) is 88.7 Å². The lowest BCUT2D eigenvalue weighted by Crippen LogP contribution is -2.43. The van der Waals surface area contributed by atoms with Crippen molar-refractivity contribution in [2.75, 3.05) is 26.4 Å². The van der Waals surface area contributed by atoms with E-state index in [1.54, 1.807) is 19.9 Å². The van der Waals surface area contributed by atoms with Gasteiger partial charge in [0, 0.05) is 29.6 Å². The zero-order valence-corrected chi connectivity index (χ0v) is 21.2. The minimum Gasteiger partial charge on any atom is -0.376 e. The Morgan fingerprint density at radius 1 is 0.941 bits per heavy atom. The summed E-state index contributed by atoms with van der Waals surface area (Å²) in [5.41, 5.74) is 5.28. The number of hydrogen-bond acceptors (Lipinski definition) is 5. The first kappa shape index (κ1) is 24.6. The van der Waals surface area contributed by atoms with Crippen molar-refractivity contribution in [3.63, 3.8) is 0 Å². The molecule has 3 aromatic rings. The number of pyridine rings is 1. The molecule has 0 spiro atoms. The SMILES string of the molecule is Cc1cc(C)c(S(=O)(=O)N(Cc2cc3c(C)cc(C)cc3[nH]c2=O)C[C@H]2COCCO2)c(C)c1. The summed E-state index contributed by atoms with van der Waals surface area (Å²) in [7, 11) is -3.92. The zero-order chi connectivity index (χ0) is 24.6. The molecule has 1 aliphatic rings. The molecule has 1 saturated heterocycles. The van der Waals surface area contributed by atoms with Gasteiger partial charge in [0.1, 0.15) is 0 Å². The van der Waals surface area contributed by atoms with Crippen molar-refractivity contribution >= 4 is 20.9 Å². The summed E-state index contributed by atoms with van der Waals surface area (Å²) in [6, 6.07) is 9.51. The van der Waals surface area contributed by atoms with E-state index in [1.807, 2.05) is 45.0 Å². The molecular weight excluding hydrogens is 452 g/mol. The summed E-state index contributed by atoms with van der Waals surface area (Å²) in [5.74, 6) is 0. The molecule has 8 heteroatoms. The van der Waals surface area contributed by atoms with Crippen LogP contribution in [0.4, 0.5) is 0 Å². The third-order valence-electron chi connectivity index (χ3n) is 6.23. The molecule has 1 atom stereocenters. The highest BCUT2D eigenvalue weighted by Crippen LogP contribution is 2.27. The van der Waals surface area contributed by atoms with E-state index in [4.69, 9.17) is 9.47 Å². The molecule has 0 amide bonds. The van der Waals surface area contributed by atoms with Crippen LogP contribution in [-0.4, -0.2) is 50.2 Å². The fraction of sp³-hybridized carbons (Fsp3) is 0.423. The van der Waals surface area contributed by atoms with Crippen LogP contribution in [0, 0.1) is 34.6 Å². The molecule has 1 aliphatic heterocycles. The Balaban J connectivity index is 1.80. The van der Waals surface area contributed by atoms with Crippen molar-refractivity contribution in [2.24, 2.45) is 0 Å². The monoisotopic (exact) mass is 484 g/mol. The molecule has 4 rings (SSSR count). The summed E-state index contributed by atoms with van der Waals surface area (Å²) in [5, 5.41) is 0.900. The lowest BCUT2D eigenvalue weighted by molar-refractivity contribution is -0.0923. The summed E-state index contributed by atoms with van der Waals surface area (Å²) in [6.45, 7) is 10.8. The van der Waals surface area contributed by atoms with E-state index in [0.717, 1.165) is 27.6 Å². The molecule has 0 saturated carbocycles. The third kappa shape index (κ3) is 4.95. The largest absolute Gasteiger partial charge is 0.376 e. The quantitative estimate of drug-likeness (QED) is 0.577. The summed E-state index contributed by atoms with van der Waals surface area (Å²) in [4.78, 5) is 16.2. The van der Waals surface area contributed by atoms with Gasteiger partial charge < -0.3 is 14.5 Å². The number of sulfonamides is 1. The van der Waals surface area contributed by atoms with Gasteiger partial charge in [-0.1, -0.05) is 23.8 Å². The molecule has 7 nitrogen and oxygen atoms in total. The Kier molecular flexibility index (Phi) is 6.96. The number of nitrogens with one attached hydrogen (secondary N) is 1. The van der Waals surface area contributed by atoms with Gasteiger partial charge in [-0.25, -0.2) is 8.42 Å². The lowest BCUT2D eigenvalue weighted by Gasteiger charge is -2.30. The number of aryl methyl sites for hydroxylation is 5. The van der Waals surface area contributed by atoms with Gasteiger partial charge in [-0.2, -0.15) is 4.31 Å². The molecule has 1 fully saturated rings. The van der Waals surface area contributed by atoms with Crippen molar-refractivity contribution in [1.82, 2.24) is 9.29 Å². The van der Waals surface area contributed by atoms with E-state index in [2.05, 4.69) is 4.98 Å². The van der Waals surface area contributed by atoms with Crippen LogP contribution in [0.3, 0.4) is 0 Å². The molecule has 0 bridgehead atoms. The average molecular weight is 485 g/mol. The molecule has 34 heavy (non-hydrogen) atoms. The minimum absolute atomic E-state index is 0.0620. The predicted molar refractivity (Wildman–Crippen MR) is 133 cm³/mol. The fourth-order valence-corrected chi connectivity index (χ4v) is 6.70. The number of fused-ring (bicyclic) bond motifs is 1. The number of H-pyrrole nitrogens is 1. The second-order valence-electron chi connectivity index (χ2n) is 9.26. The highest BCUT2D eigenvalue weighted by Gasteiger charge is 2.32. The molecule has 0 aliphatic carbocycles. The van der Waals surface area contributed by atoms with E-state index in [-0.39, 0.29) is 23.5 Å². The van der Waals surface area contributed by atoms with Crippen LogP contribution in [0.2, 0.25) is 0 Å². The molecule has 2 aromatic carbocycles. The number of nitrogens with zero attached hydrogens (tertiary/aromatic N) is 1. The van der Waals surface area contributed by atoms with Crippen LogP contribution < -0.4 is 5.56 Å². The van der Waals surface area contributed by atoms with Crippen molar-refractivity contribution in [1.29, 1.82) is 0 Å². The van der Waals surface area contributed by atoms with Gasteiger partial charge in [0.2, 0.25) is 10.0 Å². The summed E-state index contributed by atoms with van der Waals surface area (Å²) < 4.78 is 40.6. The number of benzene rings is 2. The van der Waals surface area contributed by atoms with Gasteiger partial charge in [0.15, 0.2) is 0 Å². The predicted octanol–water partition coefficient (Wildman–Crippen LogP) is 3.68. The standard InChI is InChI=1S/C26H32N2O5S/c1-16-9-19(4)25(20(5)10-16)34(30,31)28(14-22-15-32-6-7-33-22)13-21-12-23-18(3)8-17(2)11-24(23)27-26(21)29/h8-12,22H,6-7,13-15H2,1-5H3,(H,27,29)/t22-/m0/s1. The number of aromatic amines is 1. The van der Waals surface area contributed by atoms with Crippen LogP contribution in [0.15, 0.2) is 40.0 Å². The molecule has 182 valence electrons. The van der Waals surface area contributed by atoms with Crippen molar-refractivity contribution in [2.45, 2.75) is 52.2 Å². The van der Waals surface area contributed by atoms with Gasteiger partial charge in [-0.15, -0.1) is 0 Å². The molecule has 1 N–H and O–H groups in total. The van der Waals surface area contributed by atoms with Crippen molar-refractivity contribution in [3.05, 3.63) is 74.1 Å². The summed E-state index contributed by atoms with van der Waals surface area (Å²) in [6.07, 6.45) is -0.404. The number of rotatable bonds is 6. The third-order valence-corrected chi connectivity index (χ3v) is 8.35. The Morgan fingerprint density at radius 2 is 1.59 bits per heavy atom. The van der Waals surface area contributed by atoms with Gasteiger partial charge in [0.05, 0.1) is 30.8 Å². The number of hydrogen-bond donors (Lipinski definition) is 1. The molecule has 1 aromatic heterocycles. The van der Waals surface area contributed by atoms with Crippen molar-refractivity contribution < 1.29 is 17.9 Å². The Morgan fingerprint density at radius 3 is 2.24 bits per heavy atom. The minimum atomic E-state index is -3.92. The van der Waals surface area contributed by atoms with E-state index in [9.17, 15) is 13.2 Å². The van der Waals surface area contributed by atoms with Gasteiger partial charge in [0.25, 0.3) is 5.56 Å². The Labute approximate surface area is 200 Å². The van der Waals surface area contributed by atoms with E-state index in [1.165, 1.54) is 4.31 Å². The molecular formula is C26H32N2O5S. The first-order valence-corrected chi connectivity index (χ1v) is 12.9. The lowest BCUT2D eigenvalue weighted by atomic mass is 10.0. The highest BCUT2D eigenvalue weighted by atomic mass is 32.2. The Bertz CT molecular complexity index is 1370. The van der Waals surface area contributed by atoms with Crippen LogP contribution >= 0.6 is 0 Å². The second-order valence-corrected chi connectivity index (χ2v) is 11.1. The second kappa shape index (κ2) is 9.62. The maximum atomic E-state index is 14.0. The maximum Gasteiger partial charge on any atom is 0.252 e. The average Bonchev–Trinajstić information content (AvgIpc) is 2.73. The van der Waals surface area contributed by atoms with Gasteiger partial charge in [-0.05, 0) is 69.0 Å². The van der Waals surface area contributed by atoms with Gasteiger partial charge >= 0.3 is 0 Å². The summed E-state index contributed by atoms with van der Waals surface area (Å²) >= 11 is 0. The van der Waals surface area contributed by atoms with Crippen LogP contribution in [0.5, 0.6) is 0 Å². The van der Waals surface area contributed by atoms with Crippen molar-refractivity contribution in [3.8, 4) is 0 Å². The molecule has 2 heterocycles. The first-order chi connectivity index (χ1) is 16.1. The van der Waals surface area contributed by atoms with E-state index < -0.39 is 16.1 Å². The smallest absolute Gasteiger partial charge is 0.252 e. The maximum absolute atomic E-state index is 14.0. The normalized spacial score (nSPS) is 16.9. The number of aromatic nitrogens is 1. The van der Waals surface area contributed by atoms with Crippen LogP contribution in [-0.2, 0) is 26.0 Å². The van der Waals surface area contributed by atoms with Crippen LogP contribution in [0.1, 0.15) is 33.4 Å². The highest BCUT2D eigenvalue weighted by molar-refractivity contribution is 7.89. The molecule has 0 unspecified atom stereocenters. The van der Waals surface area contributed by atoms with Crippen LogP contribution in [0.25, 0.3) is 10.9 Å². The Hall–Kier alpha value is -2.52. The number of ether oxygens (including phenoxy) is 2. The van der Waals surface area contributed by atoms with E-state index >= 15 is 0 Å². The zero-order valence-electron chi connectivity index (χ0n) is 20.4. The first-order valence-electron chi connectivity index (χ1n) is 11.5. The van der Waals surface area contributed by atoms with Gasteiger partial charge in [-0.3, -0.25) is 4.79 Å².